The van der Waals surface area contributed by atoms with Crippen LogP contribution in [0.4, 0.5) is 0 Å². The normalized spacial score (nSPS) is 13.9. The second-order valence-electron chi connectivity index (χ2n) is 4.14. The highest BCUT2D eigenvalue weighted by atomic mass is 16.9. The van der Waals surface area contributed by atoms with Gasteiger partial charge in [0.1, 0.15) is 6.10 Å². The lowest BCUT2D eigenvalue weighted by atomic mass is 10.1. The van der Waals surface area contributed by atoms with Crippen molar-refractivity contribution in [2.75, 3.05) is 28.4 Å². The molecule has 0 aliphatic heterocycles. The largest absolute Gasteiger partial charge is 0.373 e. The molecule has 1 atom stereocenters. The fourth-order valence-electron chi connectivity index (χ4n) is 2.02. The van der Waals surface area contributed by atoms with Crippen molar-refractivity contribution in [3.05, 3.63) is 0 Å². The smallest absolute Gasteiger partial charge is 0.310 e. The van der Waals surface area contributed by atoms with Crippen molar-refractivity contribution in [3.63, 3.8) is 0 Å². The lowest BCUT2D eigenvalue weighted by molar-refractivity contribution is -0.391. The van der Waals surface area contributed by atoms with Crippen LogP contribution in [-0.2, 0) is 18.9 Å². The number of rotatable bonds is 11. The van der Waals surface area contributed by atoms with Crippen molar-refractivity contribution in [2.24, 2.45) is 0 Å². The maximum atomic E-state index is 5.42. The van der Waals surface area contributed by atoms with Gasteiger partial charge in [-0.15, -0.1) is 0 Å². The van der Waals surface area contributed by atoms with E-state index in [9.17, 15) is 0 Å². The summed E-state index contributed by atoms with van der Waals surface area (Å²) >= 11 is 0. The van der Waals surface area contributed by atoms with Gasteiger partial charge in [0.25, 0.3) is 0 Å². The Bertz CT molecular complexity index is 161. The monoisotopic (exact) mass is 248 g/mol. The van der Waals surface area contributed by atoms with E-state index in [1.807, 2.05) is 0 Å². The van der Waals surface area contributed by atoms with Crippen molar-refractivity contribution in [3.8, 4) is 0 Å². The molecular formula is C13H28O4. The Morgan fingerprint density at radius 1 is 0.824 bits per heavy atom. The van der Waals surface area contributed by atoms with Crippen LogP contribution in [0.25, 0.3) is 0 Å². The van der Waals surface area contributed by atoms with E-state index in [0.717, 1.165) is 12.8 Å². The number of unbranched alkanes of at least 4 members (excludes halogenated alkanes) is 4. The van der Waals surface area contributed by atoms with Gasteiger partial charge in [-0.3, -0.25) is 0 Å². The van der Waals surface area contributed by atoms with Crippen molar-refractivity contribution in [1.82, 2.24) is 0 Å². The molecule has 0 amide bonds. The molecule has 104 valence electrons. The topological polar surface area (TPSA) is 36.9 Å². The zero-order valence-corrected chi connectivity index (χ0v) is 12.0. The maximum absolute atomic E-state index is 5.42. The average molecular weight is 248 g/mol. The Morgan fingerprint density at radius 2 is 1.35 bits per heavy atom. The molecule has 0 radical (unpaired) electrons. The van der Waals surface area contributed by atoms with Gasteiger partial charge in [-0.1, -0.05) is 39.0 Å². The van der Waals surface area contributed by atoms with Crippen LogP contribution in [0.2, 0.25) is 0 Å². The van der Waals surface area contributed by atoms with E-state index in [1.54, 1.807) is 28.4 Å². The highest BCUT2D eigenvalue weighted by Crippen LogP contribution is 2.24. The molecule has 0 rings (SSSR count). The van der Waals surface area contributed by atoms with Gasteiger partial charge in [-0.25, -0.2) is 0 Å². The molecule has 0 aromatic heterocycles. The van der Waals surface area contributed by atoms with Crippen LogP contribution in [0.5, 0.6) is 0 Å². The third-order valence-corrected chi connectivity index (χ3v) is 3.10. The summed E-state index contributed by atoms with van der Waals surface area (Å²) < 4.78 is 21.3. The van der Waals surface area contributed by atoms with Gasteiger partial charge in [-0.2, -0.15) is 0 Å². The van der Waals surface area contributed by atoms with Gasteiger partial charge in [0, 0.05) is 28.4 Å². The lowest BCUT2D eigenvalue weighted by Crippen LogP contribution is -2.48. The molecule has 0 saturated carbocycles. The second kappa shape index (κ2) is 9.83. The lowest BCUT2D eigenvalue weighted by Gasteiger charge is -2.35. The molecule has 4 nitrogen and oxygen atoms in total. The first kappa shape index (κ1) is 16.8. The molecule has 0 spiro atoms. The van der Waals surface area contributed by atoms with Gasteiger partial charge in [0.2, 0.25) is 0 Å². The van der Waals surface area contributed by atoms with Crippen LogP contribution in [0.15, 0.2) is 0 Å². The molecule has 0 aliphatic carbocycles. The first-order valence-corrected chi connectivity index (χ1v) is 6.39. The number of methoxy groups -OCH3 is 4. The average Bonchev–Trinajstić information content (AvgIpc) is 2.38. The van der Waals surface area contributed by atoms with E-state index < -0.39 is 5.97 Å². The molecule has 0 N–H and O–H groups in total. The molecule has 0 aromatic rings. The Morgan fingerprint density at radius 3 is 1.76 bits per heavy atom. The molecular weight excluding hydrogens is 220 g/mol. The van der Waals surface area contributed by atoms with E-state index in [0.29, 0.717) is 0 Å². The van der Waals surface area contributed by atoms with Gasteiger partial charge in [-0.05, 0) is 6.42 Å². The summed E-state index contributed by atoms with van der Waals surface area (Å²) in [5, 5.41) is 0. The fourth-order valence-corrected chi connectivity index (χ4v) is 2.02. The number of ether oxygens (including phenoxy) is 4. The van der Waals surface area contributed by atoms with E-state index in [2.05, 4.69) is 6.92 Å². The van der Waals surface area contributed by atoms with Crippen LogP contribution in [0.3, 0.4) is 0 Å². The quantitative estimate of drug-likeness (QED) is 0.416. The highest BCUT2D eigenvalue weighted by Gasteiger charge is 2.40. The highest BCUT2D eigenvalue weighted by molar-refractivity contribution is 4.71. The predicted molar refractivity (Wildman–Crippen MR) is 67.9 cm³/mol. The van der Waals surface area contributed by atoms with Crippen LogP contribution in [-0.4, -0.2) is 40.5 Å². The molecule has 0 fully saturated rings. The standard InChI is InChI=1S/C13H28O4/c1-6-7-8-9-10-11-12(14-2)13(15-3,16-4)17-5/h12H,6-11H2,1-5H3. The SMILES string of the molecule is CCCCCCCC(OC)C(OC)(OC)OC. The Kier molecular flexibility index (Phi) is 9.74. The first-order valence-electron chi connectivity index (χ1n) is 6.39. The van der Waals surface area contributed by atoms with Crippen LogP contribution < -0.4 is 0 Å². The van der Waals surface area contributed by atoms with Crippen molar-refractivity contribution < 1.29 is 18.9 Å². The van der Waals surface area contributed by atoms with Gasteiger partial charge in [0.05, 0.1) is 0 Å². The second-order valence-corrected chi connectivity index (χ2v) is 4.14. The van der Waals surface area contributed by atoms with Crippen molar-refractivity contribution >= 4 is 0 Å². The Labute approximate surface area is 106 Å². The van der Waals surface area contributed by atoms with E-state index >= 15 is 0 Å². The van der Waals surface area contributed by atoms with Gasteiger partial charge >= 0.3 is 5.97 Å². The minimum atomic E-state index is -1.08. The zero-order valence-electron chi connectivity index (χ0n) is 12.0. The van der Waals surface area contributed by atoms with Crippen LogP contribution in [0.1, 0.15) is 45.4 Å². The van der Waals surface area contributed by atoms with E-state index in [1.165, 1.54) is 25.7 Å². The summed E-state index contributed by atoms with van der Waals surface area (Å²) in [5.74, 6) is -1.08. The summed E-state index contributed by atoms with van der Waals surface area (Å²) in [6.45, 7) is 2.21. The summed E-state index contributed by atoms with van der Waals surface area (Å²) in [4.78, 5) is 0. The summed E-state index contributed by atoms with van der Waals surface area (Å²) in [6.07, 6.45) is 6.79. The van der Waals surface area contributed by atoms with Gasteiger partial charge in [0.15, 0.2) is 0 Å². The molecule has 1 unspecified atom stereocenters. The first-order chi connectivity index (χ1) is 8.20. The van der Waals surface area contributed by atoms with E-state index in [-0.39, 0.29) is 6.10 Å². The summed E-state index contributed by atoms with van der Waals surface area (Å²) in [5.41, 5.74) is 0. The molecule has 0 aliphatic rings. The zero-order chi connectivity index (χ0) is 13.1. The van der Waals surface area contributed by atoms with Crippen LogP contribution >= 0.6 is 0 Å². The van der Waals surface area contributed by atoms with Crippen molar-refractivity contribution in [2.45, 2.75) is 57.5 Å². The molecule has 0 bridgehead atoms. The minimum absolute atomic E-state index is 0.205. The maximum Gasteiger partial charge on any atom is 0.310 e. The predicted octanol–water partition coefficient (Wildman–Crippen LogP) is 2.95. The third-order valence-electron chi connectivity index (χ3n) is 3.10. The van der Waals surface area contributed by atoms with Crippen molar-refractivity contribution in [1.29, 1.82) is 0 Å². The molecule has 0 aromatic carbocycles. The molecule has 0 heterocycles. The fraction of sp³-hybridized carbons (Fsp3) is 1.00. The van der Waals surface area contributed by atoms with E-state index in [4.69, 9.17) is 18.9 Å². The number of hydrogen-bond acceptors (Lipinski definition) is 4. The molecule has 4 heteroatoms. The Balaban J connectivity index is 4.11. The Hall–Kier alpha value is -0.160. The summed E-state index contributed by atoms with van der Waals surface area (Å²) in [6, 6.07) is 0. The third kappa shape index (κ3) is 5.34. The summed E-state index contributed by atoms with van der Waals surface area (Å²) in [7, 11) is 6.35. The van der Waals surface area contributed by atoms with Crippen LogP contribution in [0, 0.1) is 0 Å². The minimum Gasteiger partial charge on any atom is -0.373 e. The molecule has 17 heavy (non-hydrogen) atoms. The van der Waals surface area contributed by atoms with Gasteiger partial charge < -0.3 is 18.9 Å². The molecule has 0 saturated heterocycles. The number of hydrogen-bond donors (Lipinski definition) is 0.